The zero-order valence-electron chi connectivity index (χ0n) is 2.60. The number of hydrogen-bond acceptors (Lipinski definition) is 2. The van der Waals surface area contributed by atoms with Gasteiger partial charge in [0.2, 0.25) is 6.20 Å². The van der Waals surface area contributed by atoms with Crippen LogP contribution in [0.1, 0.15) is 0 Å². The van der Waals surface area contributed by atoms with Gasteiger partial charge in [-0.25, -0.2) is 0 Å². The van der Waals surface area contributed by atoms with Gasteiger partial charge in [0.1, 0.15) is 0 Å². The van der Waals surface area contributed by atoms with Gasteiger partial charge in [0.05, 0.1) is 0 Å². The fourth-order valence-electron chi connectivity index (χ4n) is 0.186. The van der Waals surface area contributed by atoms with Gasteiger partial charge in [-0.3, -0.25) is 0 Å². The highest BCUT2D eigenvalue weighted by Crippen LogP contribution is 1.71. The topological polar surface area (TPSA) is 24.4 Å². The molecule has 1 aliphatic rings. The first-order valence-corrected chi connectivity index (χ1v) is 1.35. The Morgan fingerprint density at radius 3 is 3.00 bits per heavy atom. The van der Waals surface area contributed by atoms with Crippen LogP contribution in [0.2, 0.25) is 0 Å². The molecule has 0 saturated heterocycles. The third-order valence-electron chi connectivity index (χ3n) is 0.362. The summed E-state index contributed by atoms with van der Waals surface area (Å²) < 4.78 is 0. The first-order valence-electron chi connectivity index (χ1n) is 1.35. The van der Waals surface area contributed by atoms with Crippen molar-refractivity contribution in [3.63, 3.8) is 0 Å². The summed E-state index contributed by atoms with van der Waals surface area (Å²) in [6, 6.07) is 0. The molecule has 0 aromatic heterocycles. The average Bonchev–Trinajstić information content (AvgIpc) is 1.76. The monoisotopic (exact) mass is 67.0 g/mol. The summed E-state index contributed by atoms with van der Waals surface area (Å²) in [5.74, 6) is 0. The van der Waals surface area contributed by atoms with Crippen LogP contribution in [0.4, 0.5) is 0 Å². The van der Waals surface area contributed by atoms with E-state index in [1.54, 1.807) is 12.4 Å². The SMILES string of the molecule is [C+]1=NC=CN1. The van der Waals surface area contributed by atoms with Crippen LogP contribution in [0.15, 0.2) is 17.4 Å². The van der Waals surface area contributed by atoms with Crippen LogP contribution in [0.5, 0.6) is 0 Å². The minimum absolute atomic E-state index is 1.64. The Bertz CT molecular complexity index is 63.0. The lowest BCUT2D eigenvalue weighted by atomic mass is 11.0. The van der Waals surface area contributed by atoms with Gasteiger partial charge in [-0.2, -0.15) is 5.32 Å². The number of nitrogens with zero attached hydrogens (tertiary/aromatic N) is 1. The van der Waals surface area contributed by atoms with Crippen LogP contribution in [-0.2, 0) is 0 Å². The maximum Gasteiger partial charge on any atom is 0.252 e. The van der Waals surface area contributed by atoms with Gasteiger partial charge in [-0.15, -0.1) is 0 Å². The first-order chi connectivity index (χ1) is 2.50. The number of aliphatic imine (C=N–C) groups is 1. The van der Waals surface area contributed by atoms with Crippen molar-refractivity contribution in [2.75, 3.05) is 0 Å². The molecule has 1 aliphatic heterocycles. The Hall–Kier alpha value is -0.880. The largest absolute Gasteiger partial charge is 0.252 e. The normalized spacial score (nSPS) is 14.4. The molecular formula is C3H3N2+. The van der Waals surface area contributed by atoms with Gasteiger partial charge in [-0.05, 0) is 4.99 Å². The molecule has 0 amide bonds. The van der Waals surface area contributed by atoms with E-state index >= 15 is 0 Å². The van der Waals surface area contributed by atoms with Crippen molar-refractivity contribution >= 4 is 6.34 Å². The van der Waals surface area contributed by atoms with Crippen LogP contribution >= 0.6 is 0 Å². The summed E-state index contributed by atoms with van der Waals surface area (Å²) in [6.45, 7) is 0. The first kappa shape index (κ1) is 2.36. The lowest BCUT2D eigenvalue weighted by Crippen LogP contribution is -1.91. The Morgan fingerprint density at radius 1 is 1.80 bits per heavy atom. The number of nitrogens with one attached hydrogen (secondary N) is 1. The van der Waals surface area contributed by atoms with E-state index < -0.39 is 0 Å². The smallest absolute Gasteiger partial charge is 0.186 e. The molecule has 0 spiro atoms. The third-order valence-corrected chi connectivity index (χ3v) is 0.362. The summed E-state index contributed by atoms with van der Waals surface area (Å²) in [7, 11) is 0. The Labute approximate surface area is 30.2 Å². The summed E-state index contributed by atoms with van der Waals surface area (Å²) in [4.78, 5) is 3.54. The van der Waals surface area contributed by atoms with Crippen molar-refractivity contribution in [2.45, 2.75) is 0 Å². The van der Waals surface area contributed by atoms with Gasteiger partial charge in [0.25, 0.3) is 6.34 Å². The molecule has 0 fully saturated rings. The molecular weight excluding hydrogens is 64.0 g/mol. The number of hydrogen-bond donors (Lipinski definition) is 1. The molecule has 0 aliphatic carbocycles. The maximum atomic E-state index is 3.54. The van der Waals surface area contributed by atoms with Crippen LogP contribution in [-0.4, -0.2) is 6.34 Å². The molecule has 0 bridgehead atoms. The summed E-state index contributed by atoms with van der Waals surface area (Å²) in [5, 5.41) is 2.62. The molecule has 0 saturated carbocycles. The molecule has 0 aromatic rings. The highest BCUT2D eigenvalue weighted by molar-refractivity contribution is 5.59. The second kappa shape index (κ2) is 0.826. The van der Waals surface area contributed by atoms with Crippen LogP contribution < -0.4 is 5.32 Å². The minimum atomic E-state index is 1.64. The number of rotatable bonds is 0. The van der Waals surface area contributed by atoms with E-state index in [0.717, 1.165) is 0 Å². The maximum absolute atomic E-state index is 3.54. The van der Waals surface area contributed by atoms with E-state index in [0.29, 0.717) is 0 Å². The zero-order valence-corrected chi connectivity index (χ0v) is 2.60. The molecule has 0 radical (unpaired) electrons. The second-order valence-corrected chi connectivity index (χ2v) is 0.701. The van der Waals surface area contributed by atoms with Crippen molar-refractivity contribution in [2.24, 2.45) is 4.99 Å². The van der Waals surface area contributed by atoms with Gasteiger partial charge >= 0.3 is 0 Å². The molecule has 0 atom stereocenters. The molecule has 0 unspecified atom stereocenters. The minimum Gasteiger partial charge on any atom is -0.186 e. The van der Waals surface area contributed by atoms with E-state index in [1.165, 1.54) is 0 Å². The quantitative estimate of drug-likeness (QED) is 0.395. The molecule has 1 N–H and O–H groups in total. The van der Waals surface area contributed by atoms with Crippen LogP contribution in [0.25, 0.3) is 0 Å². The van der Waals surface area contributed by atoms with Crippen molar-refractivity contribution in [3.05, 3.63) is 12.4 Å². The van der Waals surface area contributed by atoms with Crippen molar-refractivity contribution < 1.29 is 0 Å². The van der Waals surface area contributed by atoms with Crippen LogP contribution in [0, 0.1) is 0 Å². The molecule has 1 heterocycles. The summed E-state index contributed by atoms with van der Waals surface area (Å²) in [6.07, 6.45) is 5.83. The second-order valence-electron chi connectivity index (χ2n) is 0.701. The Morgan fingerprint density at radius 2 is 2.80 bits per heavy atom. The highest BCUT2D eigenvalue weighted by atomic mass is 15.0. The zero-order chi connectivity index (χ0) is 3.54. The predicted octanol–water partition coefficient (Wildman–Crippen LogP) is -0.0339. The van der Waals surface area contributed by atoms with E-state index in [4.69, 9.17) is 0 Å². The molecule has 24 valence electrons. The molecule has 1 rings (SSSR count). The van der Waals surface area contributed by atoms with E-state index in [2.05, 4.69) is 16.6 Å². The predicted molar refractivity (Wildman–Crippen MR) is 19.7 cm³/mol. The standard InChI is InChI=1S/C3H3N2/c1-2-5-3-4-1/h1-2H,(H,4,5)/q+1. The van der Waals surface area contributed by atoms with Gasteiger partial charge < -0.3 is 0 Å². The molecule has 2 nitrogen and oxygen atoms in total. The third kappa shape index (κ3) is 0.231. The van der Waals surface area contributed by atoms with Gasteiger partial charge in [0.15, 0.2) is 6.20 Å². The van der Waals surface area contributed by atoms with E-state index in [-0.39, 0.29) is 0 Å². The van der Waals surface area contributed by atoms with Crippen molar-refractivity contribution in [1.82, 2.24) is 5.32 Å². The molecule has 2 heteroatoms. The summed E-state index contributed by atoms with van der Waals surface area (Å²) >= 11 is 0. The van der Waals surface area contributed by atoms with Crippen LogP contribution in [0.3, 0.4) is 0 Å². The average molecular weight is 67.1 g/mol. The van der Waals surface area contributed by atoms with E-state index in [1.807, 2.05) is 0 Å². The van der Waals surface area contributed by atoms with Gasteiger partial charge in [-0.1, -0.05) is 0 Å². The van der Waals surface area contributed by atoms with Crippen molar-refractivity contribution in [1.29, 1.82) is 0 Å². The Balaban J connectivity index is 2.61. The molecule has 0 aromatic carbocycles. The van der Waals surface area contributed by atoms with E-state index in [9.17, 15) is 0 Å². The lowest BCUT2D eigenvalue weighted by Gasteiger charge is -1.50. The highest BCUT2D eigenvalue weighted by Gasteiger charge is 1.85. The fourth-order valence-corrected chi connectivity index (χ4v) is 0.186. The summed E-state index contributed by atoms with van der Waals surface area (Å²) in [5.41, 5.74) is 0. The Kier molecular flexibility index (Phi) is 0.390. The molecule has 5 heavy (non-hydrogen) atoms. The van der Waals surface area contributed by atoms with Crippen molar-refractivity contribution in [3.8, 4) is 0 Å². The van der Waals surface area contributed by atoms with Gasteiger partial charge in [0, 0.05) is 0 Å². The lowest BCUT2D eigenvalue weighted by molar-refractivity contribution is 1.37. The fraction of sp³-hybridized carbons (Fsp3) is 0.